The van der Waals surface area contributed by atoms with Crippen LogP contribution in [0.2, 0.25) is 0 Å². The summed E-state index contributed by atoms with van der Waals surface area (Å²) in [6.07, 6.45) is 6.39. The SMILES string of the molecule is C=C(/C=C\C(C)=C/CC)NC(=O)Nc1ccc(F)cc1F. The molecule has 112 valence electrons. The molecule has 0 bridgehead atoms. The minimum absolute atomic E-state index is 0.104. The van der Waals surface area contributed by atoms with E-state index in [1.165, 1.54) is 0 Å². The Balaban J connectivity index is 2.57. The minimum atomic E-state index is -0.840. The van der Waals surface area contributed by atoms with Gasteiger partial charge in [0.25, 0.3) is 0 Å². The number of urea groups is 1. The van der Waals surface area contributed by atoms with E-state index in [1.807, 2.05) is 26.0 Å². The van der Waals surface area contributed by atoms with Crippen LogP contribution in [0.15, 0.2) is 54.3 Å². The molecule has 3 nitrogen and oxygen atoms in total. The number of halogens is 2. The highest BCUT2D eigenvalue weighted by Gasteiger charge is 2.07. The van der Waals surface area contributed by atoms with Crippen molar-refractivity contribution >= 4 is 11.7 Å². The monoisotopic (exact) mass is 292 g/mol. The maximum atomic E-state index is 13.4. The first-order chi connectivity index (χ1) is 9.92. The Kier molecular flexibility index (Phi) is 6.33. The van der Waals surface area contributed by atoms with Gasteiger partial charge in [-0.15, -0.1) is 0 Å². The topological polar surface area (TPSA) is 41.1 Å². The molecule has 0 aromatic heterocycles. The number of carbonyl (C=O) groups is 1. The number of amides is 2. The number of benzene rings is 1. The summed E-state index contributed by atoms with van der Waals surface area (Å²) < 4.78 is 26.1. The molecule has 2 N–H and O–H groups in total. The van der Waals surface area contributed by atoms with Crippen molar-refractivity contribution in [1.29, 1.82) is 0 Å². The molecule has 5 heteroatoms. The lowest BCUT2D eigenvalue weighted by Crippen LogP contribution is -2.27. The molecule has 0 saturated carbocycles. The van der Waals surface area contributed by atoms with E-state index < -0.39 is 17.7 Å². The van der Waals surface area contributed by atoms with E-state index in [1.54, 1.807) is 6.08 Å². The van der Waals surface area contributed by atoms with Crippen molar-refractivity contribution < 1.29 is 13.6 Å². The van der Waals surface area contributed by atoms with Crippen LogP contribution < -0.4 is 10.6 Å². The van der Waals surface area contributed by atoms with E-state index in [9.17, 15) is 13.6 Å². The first kappa shape index (κ1) is 16.6. The third kappa shape index (κ3) is 6.03. The minimum Gasteiger partial charge on any atom is -0.308 e. The quantitative estimate of drug-likeness (QED) is 0.770. The molecule has 1 aromatic carbocycles. The Bertz CT molecular complexity index is 592. The van der Waals surface area contributed by atoms with Gasteiger partial charge in [0.05, 0.1) is 5.69 Å². The van der Waals surface area contributed by atoms with Crippen LogP contribution in [0.5, 0.6) is 0 Å². The number of anilines is 1. The molecule has 0 unspecified atom stereocenters. The number of carbonyl (C=O) groups excluding carboxylic acids is 1. The van der Waals surface area contributed by atoms with Crippen LogP contribution in [-0.4, -0.2) is 6.03 Å². The van der Waals surface area contributed by atoms with Crippen molar-refractivity contribution in [3.63, 3.8) is 0 Å². The smallest absolute Gasteiger partial charge is 0.308 e. The van der Waals surface area contributed by atoms with Crippen LogP contribution in [-0.2, 0) is 0 Å². The molecule has 1 aromatic rings. The van der Waals surface area contributed by atoms with E-state index in [4.69, 9.17) is 0 Å². The third-order valence-electron chi connectivity index (χ3n) is 2.53. The van der Waals surface area contributed by atoms with Crippen LogP contribution in [0.3, 0.4) is 0 Å². The summed E-state index contributed by atoms with van der Waals surface area (Å²) in [5, 5.41) is 4.73. The highest BCUT2D eigenvalue weighted by molar-refractivity contribution is 5.90. The number of hydrogen-bond donors (Lipinski definition) is 2. The van der Waals surface area contributed by atoms with Crippen LogP contribution >= 0.6 is 0 Å². The van der Waals surface area contributed by atoms with Crippen molar-refractivity contribution in [2.24, 2.45) is 0 Å². The van der Waals surface area contributed by atoms with Gasteiger partial charge in [-0.25, -0.2) is 13.6 Å². The van der Waals surface area contributed by atoms with Crippen molar-refractivity contribution in [2.75, 3.05) is 5.32 Å². The predicted molar refractivity (Wildman–Crippen MR) is 80.8 cm³/mol. The molecule has 0 aliphatic heterocycles. The number of rotatable bonds is 5. The highest BCUT2D eigenvalue weighted by Crippen LogP contribution is 2.14. The van der Waals surface area contributed by atoms with E-state index in [0.717, 1.165) is 24.1 Å². The van der Waals surface area contributed by atoms with Crippen LogP contribution in [0, 0.1) is 11.6 Å². The Morgan fingerprint density at radius 2 is 2.05 bits per heavy atom. The van der Waals surface area contributed by atoms with Gasteiger partial charge in [0.1, 0.15) is 11.6 Å². The molecule has 0 atom stereocenters. The van der Waals surface area contributed by atoms with E-state index in [2.05, 4.69) is 17.2 Å². The highest BCUT2D eigenvalue weighted by atomic mass is 19.1. The zero-order valence-electron chi connectivity index (χ0n) is 12.0. The third-order valence-corrected chi connectivity index (χ3v) is 2.53. The van der Waals surface area contributed by atoms with Crippen LogP contribution in [0.25, 0.3) is 0 Å². The standard InChI is InChI=1S/C16H18F2N2O/c1-4-5-11(2)6-7-12(3)19-16(21)20-15-9-8-13(17)10-14(15)18/h5-10H,3-4H2,1-2H3,(H2,19,20,21)/b7-6-,11-5-. The Morgan fingerprint density at radius 3 is 2.67 bits per heavy atom. The summed E-state index contributed by atoms with van der Waals surface area (Å²) >= 11 is 0. The van der Waals surface area contributed by atoms with Gasteiger partial charge >= 0.3 is 6.03 Å². The molecule has 0 saturated heterocycles. The predicted octanol–water partition coefficient (Wildman–Crippen LogP) is 4.51. The van der Waals surface area contributed by atoms with Gasteiger partial charge in [0.2, 0.25) is 0 Å². The lowest BCUT2D eigenvalue weighted by molar-refractivity contribution is 0.254. The molecule has 0 aliphatic carbocycles. The molecule has 0 fully saturated rings. The number of hydrogen-bond acceptors (Lipinski definition) is 1. The average Bonchev–Trinajstić information content (AvgIpc) is 2.40. The summed E-state index contributed by atoms with van der Waals surface area (Å²) in [6.45, 7) is 7.62. The van der Waals surface area contributed by atoms with E-state index in [-0.39, 0.29) is 5.69 Å². The lowest BCUT2D eigenvalue weighted by atomic mass is 10.2. The summed E-state index contributed by atoms with van der Waals surface area (Å²) in [4.78, 5) is 11.6. The van der Waals surface area contributed by atoms with Crippen LogP contribution in [0.1, 0.15) is 20.3 Å². The van der Waals surface area contributed by atoms with Crippen molar-refractivity contribution in [3.05, 3.63) is 65.9 Å². The Morgan fingerprint density at radius 1 is 1.33 bits per heavy atom. The fraction of sp³-hybridized carbons (Fsp3) is 0.188. The largest absolute Gasteiger partial charge is 0.323 e. The normalized spacial score (nSPS) is 11.5. The van der Waals surface area contributed by atoms with Crippen molar-refractivity contribution in [1.82, 2.24) is 5.32 Å². The van der Waals surface area contributed by atoms with Gasteiger partial charge in [-0.05, 0) is 31.6 Å². The average molecular weight is 292 g/mol. The first-order valence-electron chi connectivity index (χ1n) is 6.49. The van der Waals surface area contributed by atoms with Crippen LogP contribution in [0.4, 0.5) is 19.3 Å². The first-order valence-corrected chi connectivity index (χ1v) is 6.49. The zero-order valence-corrected chi connectivity index (χ0v) is 12.0. The maximum Gasteiger partial charge on any atom is 0.323 e. The van der Waals surface area contributed by atoms with Crippen molar-refractivity contribution in [3.8, 4) is 0 Å². The van der Waals surface area contributed by atoms with Gasteiger partial charge in [0.15, 0.2) is 0 Å². The zero-order chi connectivity index (χ0) is 15.8. The molecule has 1 rings (SSSR count). The van der Waals surface area contributed by atoms with Crippen molar-refractivity contribution in [2.45, 2.75) is 20.3 Å². The van der Waals surface area contributed by atoms with Gasteiger partial charge in [-0.2, -0.15) is 0 Å². The molecule has 0 aliphatic rings. The second-order valence-corrected chi connectivity index (χ2v) is 4.42. The molecule has 0 heterocycles. The molecule has 2 amide bonds. The van der Waals surface area contributed by atoms with Gasteiger partial charge in [-0.3, -0.25) is 0 Å². The van der Waals surface area contributed by atoms with Gasteiger partial charge < -0.3 is 10.6 Å². The summed E-state index contributed by atoms with van der Waals surface area (Å²) in [5.74, 6) is -1.54. The number of nitrogens with one attached hydrogen (secondary N) is 2. The maximum absolute atomic E-state index is 13.4. The second kappa shape index (κ2) is 7.99. The fourth-order valence-electron chi connectivity index (χ4n) is 1.55. The van der Waals surface area contributed by atoms with E-state index >= 15 is 0 Å². The lowest BCUT2D eigenvalue weighted by Gasteiger charge is -2.08. The molecular weight excluding hydrogens is 274 g/mol. The summed E-state index contributed by atoms with van der Waals surface area (Å²) in [6, 6.07) is 2.26. The second-order valence-electron chi connectivity index (χ2n) is 4.42. The fourth-order valence-corrected chi connectivity index (χ4v) is 1.55. The molecule has 0 spiro atoms. The Labute approximate surface area is 123 Å². The van der Waals surface area contributed by atoms with Gasteiger partial charge in [0, 0.05) is 11.8 Å². The summed E-state index contributed by atoms with van der Waals surface area (Å²) in [5.41, 5.74) is 1.30. The number of allylic oxidation sites excluding steroid dienone is 4. The Hall–Kier alpha value is -2.43. The summed E-state index contributed by atoms with van der Waals surface area (Å²) in [7, 11) is 0. The molecular formula is C16H18F2N2O. The molecule has 21 heavy (non-hydrogen) atoms. The molecule has 0 radical (unpaired) electrons. The van der Waals surface area contributed by atoms with E-state index in [0.29, 0.717) is 11.8 Å². The van der Waals surface area contributed by atoms with Gasteiger partial charge in [-0.1, -0.05) is 31.2 Å².